The van der Waals surface area contributed by atoms with Gasteiger partial charge in [0.2, 0.25) is 0 Å². The summed E-state index contributed by atoms with van der Waals surface area (Å²) in [6, 6.07) is 6.23. The lowest BCUT2D eigenvalue weighted by atomic mass is 10.1. The number of Topliss-reactive ketones (excluding diaryl/α,β-unsaturated/α-hetero) is 1. The molecule has 1 aromatic heterocycles. The first-order valence-electron chi connectivity index (χ1n) is 6.57. The van der Waals surface area contributed by atoms with Crippen molar-refractivity contribution in [1.82, 2.24) is 9.78 Å². The molecule has 0 radical (unpaired) electrons. The molecule has 3 N–H and O–H groups in total. The molecule has 0 atom stereocenters. The van der Waals surface area contributed by atoms with Gasteiger partial charge in [0.15, 0.2) is 0 Å². The summed E-state index contributed by atoms with van der Waals surface area (Å²) >= 11 is 0. The van der Waals surface area contributed by atoms with Gasteiger partial charge in [0.25, 0.3) is 17.6 Å². The van der Waals surface area contributed by atoms with Crippen molar-refractivity contribution in [3.63, 3.8) is 0 Å². The largest absolute Gasteiger partial charge is 0.366 e. The Kier molecular flexibility index (Phi) is 4.07. The predicted octanol–water partition coefficient (Wildman–Crippen LogP) is 0.957. The summed E-state index contributed by atoms with van der Waals surface area (Å²) in [5, 5.41) is 6.54. The Morgan fingerprint density at radius 1 is 1.18 bits per heavy atom. The molecule has 2 aromatic rings. The molecular formula is C15H16N4O3. The van der Waals surface area contributed by atoms with Crippen LogP contribution in [0.4, 0.5) is 5.69 Å². The van der Waals surface area contributed by atoms with Gasteiger partial charge in [0.05, 0.1) is 22.5 Å². The SMILES string of the molecule is Cc1nn(C)c(C)c1C(=O)C(=O)Nc1ccccc1C(N)=O. The molecule has 114 valence electrons. The molecular weight excluding hydrogens is 284 g/mol. The van der Waals surface area contributed by atoms with Crippen LogP contribution in [0.5, 0.6) is 0 Å². The second-order valence-corrected chi connectivity index (χ2v) is 4.86. The second kappa shape index (κ2) is 5.80. The molecule has 2 amide bonds. The minimum atomic E-state index is -0.840. The van der Waals surface area contributed by atoms with Gasteiger partial charge in [-0.1, -0.05) is 12.1 Å². The average Bonchev–Trinajstić information content (AvgIpc) is 2.71. The number of hydrogen-bond donors (Lipinski definition) is 2. The van der Waals surface area contributed by atoms with Gasteiger partial charge in [-0.15, -0.1) is 0 Å². The van der Waals surface area contributed by atoms with Crippen LogP contribution in [0.1, 0.15) is 32.1 Å². The number of para-hydroxylation sites is 1. The van der Waals surface area contributed by atoms with Crippen molar-refractivity contribution in [3.05, 3.63) is 46.8 Å². The number of ketones is 1. The van der Waals surface area contributed by atoms with E-state index in [-0.39, 0.29) is 16.8 Å². The molecule has 1 heterocycles. The average molecular weight is 300 g/mol. The molecule has 0 fully saturated rings. The van der Waals surface area contributed by atoms with Crippen molar-refractivity contribution in [2.75, 3.05) is 5.32 Å². The zero-order valence-corrected chi connectivity index (χ0v) is 12.5. The summed E-state index contributed by atoms with van der Waals surface area (Å²) in [4.78, 5) is 35.8. The molecule has 0 spiro atoms. The molecule has 22 heavy (non-hydrogen) atoms. The molecule has 0 aliphatic rings. The Labute approximate surface area is 127 Å². The fraction of sp³-hybridized carbons (Fsp3) is 0.200. The van der Waals surface area contributed by atoms with Crippen LogP contribution in [0.2, 0.25) is 0 Å². The lowest BCUT2D eigenvalue weighted by molar-refractivity contribution is -0.112. The Morgan fingerprint density at radius 3 is 2.36 bits per heavy atom. The number of carbonyl (C=O) groups excluding carboxylic acids is 3. The predicted molar refractivity (Wildman–Crippen MR) is 80.6 cm³/mol. The number of hydrogen-bond acceptors (Lipinski definition) is 4. The van der Waals surface area contributed by atoms with Gasteiger partial charge in [-0.25, -0.2) is 0 Å². The second-order valence-electron chi connectivity index (χ2n) is 4.86. The van der Waals surface area contributed by atoms with Crippen molar-refractivity contribution < 1.29 is 14.4 Å². The summed E-state index contributed by atoms with van der Waals surface area (Å²) in [7, 11) is 1.69. The van der Waals surface area contributed by atoms with Crippen LogP contribution in [0, 0.1) is 13.8 Å². The summed E-state index contributed by atoms with van der Waals surface area (Å²) in [6.45, 7) is 3.36. The van der Waals surface area contributed by atoms with Crippen LogP contribution in [0.15, 0.2) is 24.3 Å². The van der Waals surface area contributed by atoms with Crippen LogP contribution in [-0.4, -0.2) is 27.4 Å². The molecule has 0 aliphatic carbocycles. The normalized spacial score (nSPS) is 10.3. The zero-order chi connectivity index (χ0) is 16.4. The molecule has 0 saturated carbocycles. The van der Waals surface area contributed by atoms with Gasteiger partial charge in [0, 0.05) is 12.7 Å². The van der Waals surface area contributed by atoms with Crippen LogP contribution in [0.25, 0.3) is 0 Å². The van der Waals surface area contributed by atoms with E-state index >= 15 is 0 Å². The maximum atomic E-state index is 12.3. The molecule has 0 unspecified atom stereocenters. The highest BCUT2D eigenvalue weighted by atomic mass is 16.2. The number of nitrogens with two attached hydrogens (primary N) is 1. The first kappa shape index (κ1) is 15.4. The van der Waals surface area contributed by atoms with Crippen molar-refractivity contribution in [2.24, 2.45) is 12.8 Å². The number of carbonyl (C=O) groups is 3. The monoisotopic (exact) mass is 300 g/mol. The summed E-state index contributed by atoms with van der Waals surface area (Å²) in [5.41, 5.74) is 6.92. The minimum Gasteiger partial charge on any atom is -0.366 e. The van der Waals surface area contributed by atoms with Crippen molar-refractivity contribution in [3.8, 4) is 0 Å². The van der Waals surface area contributed by atoms with Crippen LogP contribution in [-0.2, 0) is 11.8 Å². The van der Waals surface area contributed by atoms with E-state index in [2.05, 4.69) is 10.4 Å². The van der Waals surface area contributed by atoms with Crippen LogP contribution < -0.4 is 11.1 Å². The zero-order valence-electron chi connectivity index (χ0n) is 12.5. The maximum absolute atomic E-state index is 12.3. The van der Waals surface area contributed by atoms with E-state index in [9.17, 15) is 14.4 Å². The fourth-order valence-corrected chi connectivity index (χ4v) is 2.20. The fourth-order valence-electron chi connectivity index (χ4n) is 2.20. The molecule has 0 aliphatic heterocycles. The Morgan fingerprint density at radius 2 is 1.82 bits per heavy atom. The molecule has 0 saturated heterocycles. The smallest absolute Gasteiger partial charge is 0.296 e. The molecule has 7 nitrogen and oxygen atoms in total. The van der Waals surface area contributed by atoms with Crippen LogP contribution in [0.3, 0.4) is 0 Å². The molecule has 0 bridgehead atoms. The standard InChI is InChI=1S/C15H16N4O3/c1-8-12(9(2)19(3)18-8)13(20)15(22)17-11-7-5-4-6-10(11)14(16)21/h4-7H,1-3H3,(H2,16,21)(H,17,22). The van der Waals surface area contributed by atoms with E-state index in [0.29, 0.717) is 11.4 Å². The number of nitrogens with zero attached hydrogens (tertiary/aromatic N) is 2. The van der Waals surface area contributed by atoms with Gasteiger partial charge >= 0.3 is 0 Å². The first-order chi connectivity index (χ1) is 10.3. The van der Waals surface area contributed by atoms with E-state index in [4.69, 9.17) is 5.73 Å². The molecule has 7 heteroatoms. The van der Waals surface area contributed by atoms with E-state index in [0.717, 1.165) is 0 Å². The third-order valence-electron chi connectivity index (χ3n) is 3.38. The quantitative estimate of drug-likeness (QED) is 0.647. The highest BCUT2D eigenvalue weighted by Gasteiger charge is 2.24. The van der Waals surface area contributed by atoms with Gasteiger partial charge < -0.3 is 11.1 Å². The Bertz CT molecular complexity index is 777. The first-order valence-corrected chi connectivity index (χ1v) is 6.57. The number of aromatic nitrogens is 2. The highest BCUT2D eigenvalue weighted by Crippen LogP contribution is 2.17. The number of primary amides is 1. The lowest BCUT2D eigenvalue weighted by Crippen LogP contribution is -2.25. The highest BCUT2D eigenvalue weighted by molar-refractivity contribution is 6.47. The summed E-state index contributed by atoms with van der Waals surface area (Å²) in [6.07, 6.45) is 0. The number of aryl methyl sites for hydroxylation is 2. The summed E-state index contributed by atoms with van der Waals surface area (Å²) in [5.74, 6) is -2.23. The number of rotatable bonds is 4. The van der Waals surface area contributed by atoms with Gasteiger partial charge in [-0.05, 0) is 26.0 Å². The number of benzene rings is 1. The summed E-state index contributed by atoms with van der Waals surface area (Å²) < 4.78 is 1.53. The maximum Gasteiger partial charge on any atom is 0.296 e. The Balaban J connectivity index is 2.30. The van der Waals surface area contributed by atoms with Crippen molar-refractivity contribution in [1.29, 1.82) is 0 Å². The topological polar surface area (TPSA) is 107 Å². The third kappa shape index (κ3) is 2.73. The molecule has 1 aromatic carbocycles. The third-order valence-corrected chi connectivity index (χ3v) is 3.38. The Hall–Kier alpha value is -2.96. The van der Waals surface area contributed by atoms with E-state index in [1.807, 2.05) is 0 Å². The van der Waals surface area contributed by atoms with Gasteiger partial charge in [0.1, 0.15) is 0 Å². The molecule has 2 rings (SSSR count). The number of amides is 2. The van der Waals surface area contributed by atoms with E-state index in [1.165, 1.54) is 16.8 Å². The minimum absolute atomic E-state index is 0.142. The van der Waals surface area contributed by atoms with E-state index in [1.54, 1.807) is 33.0 Å². The van der Waals surface area contributed by atoms with Gasteiger partial charge in [-0.2, -0.15) is 5.10 Å². The van der Waals surface area contributed by atoms with Gasteiger partial charge in [-0.3, -0.25) is 19.1 Å². The van der Waals surface area contributed by atoms with Crippen molar-refractivity contribution in [2.45, 2.75) is 13.8 Å². The number of anilines is 1. The lowest BCUT2D eigenvalue weighted by Gasteiger charge is -2.08. The number of nitrogens with one attached hydrogen (secondary N) is 1. The van der Waals surface area contributed by atoms with Crippen molar-refractivity contribution >= 4 is 23.3 Å². The van der Waals surface area contributed by atoms with E-state index < -0.39 is 17.6 Å². The van der Waals surface area contributed by atoms with Crippen LogP contribution >= 0.6 is 0 Å².